The van der Waals surface area contributed by atoms with Crippen LogP contribution < -0.4 is 4.90 Å². The lowest BCUT2D eigenvalue weighted by Gasteiger charge is -2.34. The summed E-state index contributed by atoms with van der Waals surface area (Å²) in [5.74, 6) is 1.63. The Morgan fingerprint density at radius 2 is 2.17 bits per heavy atom. The van der Waals surface area contributed by atoms with E-state index in [1.807, 2.05) is 13.1 Å². The van der Waals surface area contributed by atoms with Crippen molar-refractivity contribution in [2.45, 2.75) is 19.9 Å². The third-order valence-electron chi connectivity index (χ3n) is 3.61. The lowest BCUT2D eigenvalue weighted by Crippen LogP contribution is -2.44. The first-order valence-corrected chi connectivity index (χ1v) is 10.1. The molecule has 3 heterocycles. The molecule has 1 fully saturated rings. The first-order valence-electron chi connectivity index (χ1n) is 7.73. The summed E-state index contributed by atoms with van der Waals surface area (Å²) in [6.45, 7) is 6.03. The van der Waals surface area contributed by atoms with Crippen molar-refractivity contribution in [3.63, 3.8) is 0 Å². The van der Waals surface area contributed by atoms with Crippen LogP contribution in [0.3, 0.4) is 0 Å². The molecule has 2 aromatic heterocycles. The van der Waals surface area contributed by atoms with Crippen molar-refractivity contribution in [2.75, 3.05) is 37.2 Å². The zero-order chi connectivity index (χ0) is 17.3. The molecule has 24 heavy (non-hydrogen) atoms. The summed E-state index contributed by atoms with van der Waals surface area (Å²) >= 11 is 0. The van der Waals surface area contributed by atoms with E-state index in [2.05, 4.69) is 31.1 Å². The van der Waals surface area contributed by atoms with Gasteiger partial charge in [-0.25, -0.2) is 9.19 Å². The maximum absolute atomic E-state index is 12.1. The predicted octanol–water partition coefficient (Wildman–Crippen LogP) is 1.55. The number of nitrogens with zero attached hydrogens (tertiary/aromatic N) is 6. The Balaban J connectivity index is 2.11. The van der Waals surface area contributed by atoms with E-state index in [1.54, 1.807) is 29.5 Å². The van der Waals surface area contributed by atoms with Crippen LogP contribution in [0.25, 0.3) is 5.95 Å². The van der Waals surface area contributed by atoms with Crippen LogP contribution >= 0.6 is 0 Å². The Morgan fingerprint density at radius 3 is 2.79 bits per heavy atom. The quantitative estimate of drug-likeness (QED) is 0.835. The molecule has 3 rings (SSSR count). The van der Waals surface area contributed by atoms with Gasteiger partial charge in [-0.3, -0.25) is 4.57 Å². The van der Waals surface area contributed by atoms with E-state index >= 15 is 0 Å². The Hall–Kier alpha value is -2.00. The minimum absolute atomic E-state index is 0.200. The topological polar surface area (TPSA) is 85.5 Å². The number of aryl methyl sites for hydroxylation is 1. The van der Waals surface area contributed by atoms with Crippen LogP contribution in [0.5, 0.6) is 0 Å². The van der Waals surface area contributed by atoms with Gasteiger partial charge in [0.1, 0.15) is 12.1 Å². The number of hydrogen-bond donors (Lipinski definition) is 0. The number of ether oxygens (including phenoxy) is 1. The highest BCUT2D eigenvalue weighted by Gasteiger charge is 2.22. The standard InChI is InChI=1S/C15H22N6O2S/c1-11-8-20(10-16-11)15-17-13(19-24(3,4)22)7-14(18-15)21-5-6-23-9-12(21)2/h7-8,10,12H,5-6,9H2,1-4H3/t12-/m1/s1. The summed E-state index contributed by atoms with van der Waals surface area (Å²) in [7, 11) is -2.32. The van der Waals surface area contributed by atoms with Crippen molar-refractivity contribution < 1.29 is 8.95 Å². The molecule has 1 aliphatic rings. The molecule has 0 N–H and O–H groups in total. The third kappa shape index (κ3) is 3.90. The second-order valence-corrected chi connectivity index (χ2v) is 8.74. The van der Waals surface area contributed by atoms with Crippen molar-refractivity contribution in [1.82, 2.24) is 19.5 Å². The van der Waals surface area contributed by atoms with E-state index in [-0.39, 0.29) is 6.04 Å². The maximum atomic E-state index is 12.1. The first-order chi connectivity index (χ1) is 11.3. The Bertz CT molecular complexity index is 847. The lowest BCUT2D eigenvalue weighted by molar-refractivity contribution is 0.0985. The van der Waals surface area contributed by atoms with Crippen molar-refractivity contribution in [2.24, 2.45) is 4.36 Å². The van der Waals surface area contributed by atoms with Crippen LogP contribution in [0.15, 0.2) is 23.0 Å². The van der Waals surface area contributed by atoms with E-state index in [4.69, 9.17) is 4.74 Å². The molecule has 0 unspecified atom stereocenters. The fraction of sp³-hybridized carbons (Fsp3) is 0.533. The number of imidazole rings is 1. The molecule has 0 aliphatic carbocycles. The minimum atomic E-state index is -2.32. The lowest BCUT2D eigenvalue weighted by atomic mass is 10.2. The molecule has 0 radical (unpaired) electrons. The van der Waals surface area contributed by atoms with E-state index in [0.717, 1.165) is 18.1 Å². The van der Waals surface area contributed by atoms with Crippen LogP contribution in [-0.4, -0.2) is 62.0 Å². The van der Waals surface area contributed by atoms with Crippen LogP contribution in [0.2, 0.25) is 0 Å². The largest absolute Gasteiger partial charge is 0.377 e. The van der Waals surface area contributed by atoms with Gasteiger partial charge in [-0.2, -0.15) is 14.3 Å². The minimum Gasteiger partial charge on any atom is -0.377 e. The number of aromatic nitrogens is 4. The van der Waals surface area contributed by atoms with Gasteiger partial charge < -0.3 is 9.64 Å². The predicted molar refractivity (Wildman–Crippen MR) is 93.6 cm³/mol. The first kappa shape index (κ1) is 16.8. The van der Waals surface area contributed by atoms with Crippen LogP contribution in [-0.2, 0) is 14.5 Å². The molecular formula is C15H22N6O2S. The molecule has 1 atom stereocenters. The van der Waals surface area contributed by atoms with Crippen molar-refractivity contribution in [1.29, 1.82) is 0 Å². The van der Waals surface area contributed by atoms with Gasteiger partial charge in [0.05, 0.1) is 24.9 Å². The fourth-order valence-corrected chi connectivity index (χ4v) is 3.09. The number of morpholine rings is 1. The maximum Gasteiger partial charge on any atom is 0.238 e. The zero-order valence-electron chi connectivity index (χ0n) is 14.3. The Labute approximate surface area is 142 Å². The summed E-state index contributed by atoms with van der Waals surface area (Å²) in [6, 6.07) is 1.98. The summed E-state index contributed by atoms with van der Waals surface area (Å²) in [5.41, 5.74) is 0.872. The summed E-state index contributed by atoms with van der Waals surface area (Å²) in [5, 5.41) is 0. The monoisotopic (exact) mass is 350 g/mol. The molecule has 0 aromatic carbocycles. The molecule has 0 spiro atoms. The summed E-state index contributed by atoms with van der Waals surface area (Å²) in [6.07, 6.45) is 6.69. The molecule has 2 aromatic rings. The highest BCUT2D eigenvalue weighted by Crippen LogP contribution is 2.24. The van der Waals surface area contributed by atoms with E-state index in [1.165, 1.54) is 0 Å². The zero-order valence-corrected chi connectivity index (χ0v) is 15.2. The molecule has 130 valence electrons. The summed E-state index contributed by atoms with van der Waals surface area (Å²) < 4.78 is 23.6. The second kappa shape index (κ2) is 6.48. The normalized spacial score (nSPS) is 18.7. The van der Waals surface area contributed by atoms with Crippen LogP contribution in [0.1, 0.15) is 12.6 Å². The SMILES string of the molecule is Cc1cn(-c2nc(N=S(C)(C)=O)cc(N3CCOC[C@H]3C)n2)cn1. The van der Waals surface area contributed by atoms with E-state index in [0.29, 0.717) is 25.0 Å². The van der Waals surface area contributed by atoms with Gasteiger partial charge in [0.2, 0.25) is 5.95 Å². The highest BCUT2D eigenvalue weighted by molar-refractivity contribution is 7.92. The van der Waals surface area contributed by atoms with Crippen molar-refractivity contribution >= 4 is 21.4 Å². The van der Waals surface area contributed by atoms with Crippen molar-refractivity contribution in [3.05, 3.63) is 24.3 Å². The van der Waals surface area contributed by atoms with Crippen LogP contribution in [0.4, 0.5) is 11.6 Å². The molecule has 0 saturated carbocycles. The van der Waals surface area contributed by atoms with Gasteiger partial charge in [0, 0.05) is 41.0 Å². The molecule has 1 aliphatic heterocycles. The van der Waals surface area contributed by atoms with E-state index in [9.17, 15) is 4.21 Å². The second-order valence-electron chi connectivity index (χ2n) is 6.20. The van der Waals surface area contributed by atoms with Gasteiger partial charge in [0.25, 0.3) is 0 Å². The average molecular weight is 350 g/mol. The summed E-state index contributed by atoms with van der Waals surface area (Å²) in [4.78, 5) is 15.5. The molecule has 0 bridgehead atoms. The Kier molecular flexibility index (Phi) is 4.55. The number of anilines is 1. The molecule has 9 heteroatoms. The number of rotatable bonds is 3. The highest BCUT2D eigenvalue weighted by atomic mass is 32.2. The fourth-order valence-electron chi connectivity index (χ4n) is 2.54. The van der Waals surface area contributed by atoms with E-state index < -0.39 is 9.73 Å². The number of hydrogen-bond acceptors (Lipinski definition) is 7. The molecule has 1 saturated heterocycles. The smallest absolute Gasteiger partial charge is 0.238 e. The molecular weight excluding hydrogens is 328 g/mol. The molecule has 0 amide bonds. The third-order valence-corrected chi connectivity index (χ3v) is 4.23. The van der Waals surface area contributed by atoms with Gasteiger partial charge in [-0.15, -0.1) is 0 Å². The van der Waals surface area contributed by atoms with Crippen LogP contribution in [0, 0.1) is 6.92 Å². The van der Waals surface area contributed by atoms with Gasteiger partial charge >= 0.3 is 0 Å². The van der Waals surface area contributed by atoms with Gasteiger partial charge in [0.15, 0.2) is 5.82 Å². The van der Waals surface area contributed by atoms with Gasteiger partial charge in [-0.1, -0.05) is 0 Å². The van der Waals surface area contributed by atoms with Crippen molar-refractivity contribution in [3.8, 4) is 5.95 Å². The Morgan fingerprint density at radius 1 is 1.38 bits per heavy atom. The molecule has 8 nitrogen and oxygen atoms in total. The average Bonchev–Trinajstić information content (AvgIpc) is 2.92. The van der Waals surface area contributed by atoms with Gasteiger partial charge in [-0.05, 0) is 13.8 Å².